The van der Waals surface area contributed by atoms with Crippen molar-refractivity contribution in [2.24, 2.45) is 0 Å². The zero-order valence-corrected chi connectivity index (χ0v) is 8.85. The molecule has 50 valence electrons. The monoisotopic (exact) mass is 196 g/mol. The van der Waals surface area contributed by atoms with E-state index >= 15 is 0 Å². The molecule has 8 heavy (non-hydrogen) atoms. The van der Waals surface area contributed by atoms with Gasteiger partial charge in [0.25, 0.3) is 0 Å². The molecule has 0 heterocycles. The summed E-state index contributed by atoms with van der Waals surface area (Å²) in [4.78, 5) is 0. The van der Waals surface area contributed by atoms with Crippen LogP contribution in [0.5, 0.6) is 0 Å². The third kappa shape index (κ3) is 6.83. The Kier molecular flexibility index (Phi) is 4.18. The second kappa shape index (κ2) is 3.78. The zero-order valence-electron chi connectivity index (χ0n) is 6.00. The van der Waals surface area contributed by atoms with Crippen molar-refractivity contribution in [3.63, 3.8) is 0 Å². The van der Waals surface area contributed by atoms with Gasteiger partial charge in [0.1, 0.15) is 0 Å². The summed E-state index contributed by atoms with van der Waals surface area (Å²) in [5, 5.41) is 1.32. The second-order valence-electron chi connectivity index (χ2n) is 2.82. The first-order chi connectivity index (χ1) is 3.56. The van der Waals surface area contributed by atoms with E-state index in [1.807, 2.05) is 0 Å². The van der Waals surface area contributed by atoms with E-state index in [0.29, 0.717) is 0 Å². The van der Waals surface area contributed by atoms with Gasteiger partial charge < -0.3 is 0 Å². The number of unbranched alkanes of at least 4 members (excludes halogenated alkanes) is 1. The Labute approximate surface area is 59.2 Å². The minimum atomic E-state index is -1.64. The van der Waals surface area contributed by atoms with Gasteiger partial charge in [-0.1, -0.05) is 0 Å². The molecule has 0 spiro atoms. The first kappa shape index (κ1) is 8.83. The molecule has 0 nitrogen and oxygen atoms in total. The summed E-state index contributed by atoms with van der Waals surface area (Å²) in [6.07, 6.45) is 2.62. The van der Waals surface area contributed by atoms with Crippen LogP contribution in [0.25, 0.3) is 0 Å². The third-order valence-corrected chi connectivity index (χ3v) is 5.34. The normalized spacial score (nSPS) is 12.0. The van der Waals surface area contributed by atoms with Gasteiger partial charge in [0.15, 0.2) is 0 Å². The summed E-state index contributed by atoms with van der Waals surface area (Å²) < 4.78 is 0. The van der Waals surface area contributed by atoms with Crippen molar-refractivity contribution in [1.82, 2.24) is 0 Å². The molecule has 0 amide bonds. The first-order valence-electron chi connectivity index (χ1n) is 3.25. The van der Waals surface area contributed by atoms with Gasteiger partial charge in [-0.25, -0.2) is 0 Å². The number of hydrogen-bond acceptors (Lipinski definition) is 0. The van der Waals surface area contributed by atoms with Crippen LogP contribution in [0, 0.1) is 0 Å². The van der Waals surface area contributed by atoms with Crippen LogP contribution in [0.1, 0.15) is 19.8 Å². The Morgan fingerprint density at radius 2 is 1.88 bits per heavy atom. The van der Waals surface area contributed by atoms with E-state index in [-0.39, 0.29) is 0 Å². The van der Waals surface area contributed by atoms with Crippen molar-refractivity contribution >= 4 is 22.3 Å². The van der Waals surface area contributed by atoms with Crippen LogP contribution in [0.4, 0.5) is 0 Å². The van der Waals surface area contributed by atoms with Crippen LogP contribution in [0.15, 0.2) is 0 Å². The summed E-state index contributed by atoms with van der Waals surface area (Å²) in [5.74, 6) is 4.49. The van der Waals surface area contributed by atoms with E-state index < -0.39 is 12.3 Å². The standard InChI is InChI=1S/C6H15ClGe/c1-4-5-6-8(2,3)7/h4-6H2,1-3H3. The molecule has 0 atom stereocenters. The Morgan fingerprint density at radius 3 is 2.00 bits per heavy atom. The van der Waals surface area contributed by atoms with Crippen molar-refractivity contribution in [2.75, 3.05) is 0 Å². The maximum absolute atomic E-state index is 6.10. The summed E-state index contributed by atoms with van der Waals surface area (Å²) >= 11 is -1.64. The molecule has 0 unspecified atom stereocenters. The topological polar surface area (TPSA) is 0 Å². The average molecular weight is 195 g/mol. The molecule has 0 rings (SSSR count). The summed E-state index contributed by atoms with van der Waals surface area (Å²) in [5.41, 5.74) is 0. The molecule has 2 heteroatoms. The summed E-state index contributed by atoms with van der Waals surface area (Å²) in [6.45, 7) is 2.21. The van der Waals surface area contributed by atoms with Gasteiger partial charge in [-0.15, -0.1) is 0 Å². The van der Waals surface area contributed by atoms with Crippen LogP contribution >= 0.6 is 10.0 Å². The molecule has 0 aliphatic rings. The van der Waals surface area contributed by atoms with Crippen molar-refractivity contribution in [3.05, 3.63) is 0 Å². The third-order valence-electron chi connectivity index (χ3n) is 1.12. The molecule has 0 N–H and O–H groups in total. The molecule has 0 aromatic heterocycles. The average Bonchev–Trinajstić information content (AvgIpc) is 1.59. The Morgan fingerprint density at radius 1 is 1.38 bits per heavy atom. The minimum absolute atomic E-state index is 1.29. The predicted molar refractivity (Wildman–Crippen MR) is 43.1 cm³/mol. The molecule has 0 aliphatic carbocycles. The van der Waals surface area contributed by atoms with E-state index in [2.05, 4.69) is 18.4 Å². The zero-order chi connectivity index (χ0) is 6.62. The molecular weight excluding hydrogens is 180 g/mol. The van der Waals surface area contributed by atoms with Gasteiger partial charge in [0.05, 0.1) is 0 Å². The Hall–Kier alpha value is 0.833. The van der Waals surface area contributed by atoms with E-state index in [1.54, 1.807) is 0 Å². The van der Waals surface area contributed by atoms with Gasteiger partial charge in [-0.3, -0.25) is 0 Å². The molecule has 0 aromatic rings. The first-order valence-corrected chi connectivity index (χ1v) is 11.7. The fourth-order valence-corrected chi connectivity index (χ4v) is 3.80. The van der Waals surface area contributed by atoms with Gasteiger partial charge in [-0.2, -0.15) is 0 Å². The molecule has 0 aromatic carbocycles. The molecule has 0 radical (unpaired) electrons. The van der Waals surface area contributed by atoms with Crippen LogP contribution in [-0.4, -0.2) is 12.3 Å². The number of halogens is 1. The van der Waals surface area contributed by atoms with Gasteiger partial charge >= 0.3 is 58.9 Å². The van der Waals surface area contributed by atoms with Crippen molar-refractivity contribution < 1.29 is 0 Å². The van der Waals surface area contributed by atoms with E-state index in [4.69, 9.17) is 10.0 Å². The fourth-order valence-electron chi connectivity index (χ4n) is 0.597. The van der Waals surface area contributed by atoms with Crippen molar-refractivity contribution in [1.29, 1.82) is 0 Å². The van der Waals surface area contributed by atoms with Gasteiger partial charge in [0.2, 0.25) is 0 Å². The molecular formula is C6H15ClGe. The van der Waals surface area contributed by atoms with E-state index in [0.717, 1.165) is 0 Å². The Bertz CT molecular complexity index is 56.0. The summed E-state index contributed by atoms with van der Waals surface area (Å²) in [6, 6.07) is 0. The van der Waals surface area contributed by atoms with Crippen molar-refractivity contribution in [2.45, 2.75) is 36.5 Å². The number of rotatable bonds is 3. The Balaban J connectivity index is 3.11. The second-order valence-corrected chi connectivity index (χ2v) is 16.4. The van der Waals surface area contributed by atoms with Crippen LogP contribution < -0.4 is 0 Å². The molecule has 0 bridgehead atoms. The van der Waals surface area contributed by atoms with E-state index in [9.17, 15) is 0 Å². The number of hydrogen-bond donors (Lipinski definition) is 0. The molecule has 0 fully saturated rings. The van der Waals surface area contributed by atoms with Crippen LogP contribution in [-0.2, 0) is 0 Å². The fraction of sp³-hybridized carbons (Fsp3) is 1.00. The van der Waals surface area contributed by atoms with Crippen LogP contribution in [0.2, 0.25) is 16.8 Å². The van der Waals surface area contributed by atoms with Gasteiger partial charge in [0, 0.05) is 0 Å². The van der Waals surface area contributed by atoms with E-state index in [1.165, 1.54) is 18.1 Å². The quantitative estimate of drug-likeness (QED) is 0.606. The van der Waals surface area contributed by atoms with Crippen LogP contribution in [0.3, 0.4) is 0 Å². The maximum atomic E-state index is 6.10. The van der Waals surface area contributed by atoms with Crippen molar-refractivity contribution in [3.8, 4) is 0 Å². The molecule has 0 aliphatic heterocycles. The predicted octanol–water partition coefficient (Wildman–Crippen LogP) is 3.23. The molecule has 0 saturated heterocycles. The molecule has 0 saturated carbocycles. The van der Waals surface area contributed by atoms with Gasteiger partial charge in [-0.05, 0) is 0 Å². The SMILES string of the molecule is CCC[CH2][Ge]([CH3])([CH3])[Cl]. The summed E-state index contributed by atoms with van der Waals surface area (Å²) in [7, 11) is 6.10.